The fraction of sp³-hybridized carbons (Fsp3) is 0. The molecule has 0 atom stereocenters. The van der Waals surface area contributed by atoms with Gasteiger partial charge in [-0.1, -0.05) is 0 Å². The number of carbonyl (C=O) groups is 4. The first-order valence-corrected chi connectivity index (χ1v) is 7.83. The summed E-state index contributed by atoms with van der Waals surface area (Å²) in [7, 11) is -1.72. The summed E-state index contributed by atoms with van der Waals surface area (Å²) in [6.07, 6.45) is 0. The third-order valence-corrected chi connectivity index (χ3v) is 5.02. The molecule has 0 aliphatic carbocycles. The van der Waals surface area contributed by atoms with E-state index in [-0.39, 0.29) is 37.5 Å². The van der Waals surface area contributed by atoms with Crippen LogP contribution in [0.25, 0.3) is 0 Å². The Kier molecular flexibility index (Phi) is 3.82. The summed E-state index contributed by atoms with van der Waals surface area (Å²) in [5, 5.41) is 0. The van der Waals surface area contributed by atoms with E-state index in [0.717, 1.165) is 0 Å². The van der Waals surface area contributed by atoms with E-state index in [2.05, 4.69) is 9.47 Å². The minimum Gasteiger partial charge on any atom is -0.412 e. The topological polar surface area (TPSA) is 135 Å². The first kappa shape index (κ1) is 16.7. The molecule has 2 aromatic rings. The molecule has 0 saturated heterocycles. The van der Waals surface area contributed by atoms with E-state index in [1.807, 2.05) is 0 Å². The maximum Gasteiger partial charge on any atom is 0.346 e. The molecule has 2 heterocycles. The second-order valence-electron chi connectivity index (χ2n) is 5.04. The van der Waals surface area contributed by atoms with Gasteiger partial charge in [0.1, 0.15) is 0 Å². The standard InChI is InChI=1S/C16H6O7S.H2O/c17-13-9-3-1-7(5-11(9)15(19)22-13)24(21)8-2-4-10-12(6-8)16(20)23-14(10)18;/h1-6H;1H2. The molecule has 4 rings (SSSR count). The van der Waals surface area contributed by atoms with Crippen molar-refractivity contribution in [2.24, 2.45) is 0 Å². The van der Waals surface area contributed by atoms with E-state index in [0.29, 0.717) is 0 Å². The predicted molar refractivity (Wildman–Crippen MR) is 80.7 cm³/mol. The Morgan fingerprint density at radius 3 is 1.36 bits per heavy atom. The van der Waals surface area contributed by atoms with Crippen LogP contribution in [0.3, 0.4) is 0 Å². The molecule has 0 bridgehead atoms. The molecule has 9 heteroatoms. The minimum absolute atomic E-state index is 0. The summed E-state index contributed by atoms with van der Waals surface area (Å²) >= 11 is 0. The maximum absolute atomic E-state index is 12.7. The lowest BCUT2D eigenvalue weighted by atomic mass is 10.1. The van der Waals surface area contributed by atoms with Crippen LogP contribution in [0.2, 0.25) is 0 Å². The number of carbonyl (C=O) groups excluding carboxylic acids is 4. The second-order valence-corrected chi connectivity index (χ2v) is 6.52. The molecule has 0 amide bonds. The van der Waals surface area contributed by atoms with Crippen molar-refractivity contribution in [3.05, 3.63) is 58.7 Å². The molecule has 0 saturated carbocycles. The van der Waals surface area contributed by atoms with Gasteiger partial charge in [-0.25, -0.2) is 23.4 Å². The fourth-order valence-corrected chi connectivity index (χ4v) is 3.60. The summed E-state index contributed by atoms with van der Waals surface area (Å²) in [4.78, 5) is 46.5. The van der Waals surface area contributed by atoms with Crippen LogP contribution < -0.4 is 0 Å². The van der Waals surface area contributed by atoms with Crippen molar-refractivity contribution in [3.63, 3.8) is 0 Å². The number of fused-ring (bicyclic) bond motifs is 2. The monoisotopic (exact) mass is 360 g/mol. The van der Waals surface area contributed by atoms with Gasteiger partial charge in [0.25, 0.3) is 0 Å². The maximum atomic E-state index is 12.7. The molecule has 2 aliphatic rings. The number of ether oxygens (including phenoxy) is 2. The third kappa shape index (κ3) is 2.46. The van der Waals surface area contributed by atoms with Crippen LogP contribution in [0.1, 0.15) is 41.4 Å². The van der Waals surface area contributed by atoms with Crippen LogP contribution >= 0.6 is 0 Å². The fourth-order valence-electron chi connectivity index (χ4n) is 2.50. The SMILES string of the molecule is O.O=C1OC(=O)c2cc(S(=O)c3ccc4c(c3)C(=O)OC4=O)ccc21. The molecule has 8 nitrogen and oxygen atoms in total. The first-order chi connectivity index (χ1) is 11.5. The van der Waals surface area contributed by atoms with Gasteiger partial charge in [-0.3, -0.25) is 0 Å². The van der Waals surface area contributed by atoms with Gasteiger partial charge in [-0.05, 0) is 36.4 Å². The van der Waals surface area contributed by atoms with Crippen molar-refractivity contribution < 1.29 is 38.3 Å². The van der Waals surface area contributed by atoms with Gasteiger partial charge in [-0.2, -0.15) is 0 Å². The lowest BCUT2D eigenvalue weighted by molar-refractivity contribution is 0.0425. The highest BCUT2D eigenvalue weighted by Crippen LogP contribution is 2.27. The van der Waals surface area contributed by atoms with Gasteiger partial charge >= 0.3 is 23.9 Å². The number of hydrogen-bond donors (Lipinski definition) is 0. The highest BCUT2D eigenvalue weighted by Gasteiger charge is 2.32. The van der Waals surface area contributed by atoms with Gasteiger partial charge in [0.05, 0.1) is 33.1 Å². The number of esters is 4. The largest absolute Gasteiger partial charge is 0.412 e. The summed E-state index contributed by atoms with van der Waals surface area (Å²) in [5.74, 6) is -3.08. The van der Waals surface area contributed by atoms with E-state index in [9.17, 15) is 23.4 Å². The molecule has 0 aromatic heterocycles. The van der Waals surface area contributed by atoms with E-state index in [1.54, 1.807) is 0 Å². The molecular formula is C16H8O8S. The van der Waals surface area contributed by atoms with E-state index in [4.69, 9.17) is 0 Å². The number of hydrogen-bond acceptors (Lipinski definition) is 7. The van der Waals surface area contributed by atoms with Crippen LogP contribution in [-0.2, 0) is 20.3 Å². The van der Waals surface area contributed by atoms with Crippen molar-refractivity contribution in [2.45, 2.75) is 9.79 Å². The zero-order valence-corrected chi connectivity index (χ0v) is 13.0. The summed E-state index contributed by atoms with van der Waals surface area (Å²) in [5.41, 5.74) is 0.316. The van der Waals surface area contributed by atoms with Gasteiger partial charge in [0.2, 0.25) is 0 Å². The second kappa shape index (κ2) is 5.72. The Bertz CT molecular complexity index is 928. The Balaban J connectivity index is 0.00000182. The number of cyclic esters (lactones) is 4. The molecule has 0 unspecified atom stereocenters. The Hall–Kier alpha value is -3.17. The van der Waals surface area contributed by atoms with Gasteiger partial charge in [0.15, 0.2) is 0 Å². The van der Waals surface area contributed by atoms with Gasteiger partial charge < -0.3 is 14.9 Å². The molecule has 0 radical (unpaired) electrons. The van der Waals surface area contributed by atoms with Crippen LogP contribution in [0.5, 0.6) is 0 Å². The highest BCUT2D eigenvalue weighted by atomic mass is 32.2. The molecule has 0 spiro atoms. The van der Waals surface area contributed by atoms with Gasteiger partial charge in [-0.15, -0.1) is 0 Å². The lowest BCUT2D eigenvalue weighted by Crippen LogP contribution is -2.00. The highest BCUT2D eigenvalue weighted by molar-refractivity contribution is 7.85. The summed E-state index contributed by atoms with van der Waals surface area (Å²) < 4.78 is 21.6. The van der Waals surface area contributed by atoms with E-state index in [1.165, 1.54) is 36.4 Å². The molecular weight excluding hydrogens is 352 g/mol. The molecule has 2 aliphatic heterocycles. The van der Waals surface area contributed by atoms with E-state index < -0.39 is 34.7 Å². The van der Waals surface area contributed by atoms with Crippen LogP contribution in [0.15, 0.2) is 46.2 Å². The van der Waals surface area contributed by atoms with E-state index >= 15 is 0 Å². The normalized spacial score (nSPS) is 14.8. The molecule has 25 heavy (non-hydrogen) atoms. The van der Waals surface area contributed by atoms with Gasteiger partial charge in [0, 0.05) is 9.79 Å². The zero-order valence-electron chi connectivity index (χ0n) is 12.2. The van der Waals surface area contributed by atoms with Crippen LogP contribution in [-0.4, -0.2) is 33.6 Å². The number of benzene rings is 2. The van der Waals surface area contributed by atoms with Crippen molar-refractivity contribution >= 4 is 34.7 Å². The molecule has 126 valence electrons. The Morgan fingerprint density at radius 2 is 0.960 bits per heavy atom. The van der Waals surface area contributed by atoms with Crippen molar-refractivity contribution in [1.29, 1.82) is 0 Å². The van der Waals surface area contributed by atoms with Crippen molar-refractivity contribution in [2.75, 3.05) is 0 Å². The average molecular weight is 360 g/mol. The van der Waals surface area contributed by atoms with Crippen LogP contribution in [0, 0.1) is 0 Å². The Morgan fingerprint density at radius 1 is 0.600 bits per heavy atom. The predicted octanol–water partition coefficient (Wildman–Crippen LogP) is 0.650. The molecule has 2 aromatic carbocycles. The lowest BCUT2D eigenvalue weighted by Gasteiger charge is -2.04. The minimum atomic E-state index is -1.72. The molecule has 2 N–H and O–H groups in total. The molecule has 0 fully saturated rings. The third-order valence-electron chi connectivity index (χ3n) is 3.66. The van der Waals surface area contributed by atoms with Crippen molar-refractivity contribution in [3.8, 4) is 0 Å². The number of rotatable bonds is 2. The smallest absolute Gasteiger partial charge is 0.346 e. The zero-order chi connectivity index (χ0) is 17.0. The summed E-state index contributed by atoms with van der Waals surface area (Å²) in [6.45, 7) is 0. The summed E-state index contributed by atoms with van der Waals surface area (Å²) in [6, 6.07) is 8.23. The Labute approximate surface area is 142 Å². The van der Waals surface area contributed by atoms with Crippen LogP contribution in [0.4, 0.5) is 0 Å². The van der Waals surface area contributed by atoms with Crippen molar-refractivity contribution in [1.82, 2.24) is 0 Å². The quantitative estimate of drug-likeness (QED) is 0.566. The average Bonchev–Trinajstić information content (AvgIpc) is 3.02. The first-order valence-electron chi connectivity index (χ1n) is 6.68.